The molecule has 0 saturated carbocycles. The molecule has 0 radical (unpaired) electrons. The van der Waals surface area contributed by atoms with E-state index < -0.39 is 0 Å². The third-order valence-corrected chi connectivity index (χ3v) is 3.48. The van der Waals surface area contributed by atoms with Gasteiger partial charge in [0.2, 0.25) is 5.91 Å². The molecule has 0 saturated heterocycles. The zero-order valence-electron chi connectivity index (χ0n) is 8.98. The van der Waals surface area contributed by atoms with E-state index in [1.54, 1.807) is 0 Å². The van der Waals surface area contributed by atoms with E-state index in [0.717, 1.165) is 18.3 Å². The molecule has 0 aromatic rings. The molecule has 0 bridgehead atoms. The van der Waals surface area contributed by atoms with Crippen LogP contribution in [-0.4, -0.2) is 17.8 Å². The van der Waals surface area contributed by atoms with Gasteiger partial charge < -0.3 is 5.32 Å². The minimum absolute atomic E-state index is 0.155. The van der Waals surface area contributed by atoms with Crippen LogP contribution >= 0.6 is 15.9 Å². The molecule has 0 aromatic carbocycles. The van der Waals surface area contributed by atoms with Gasteiger partial charge in [0.25, 0.3) is 0 Å². The van der Waals surface area contributed by atoms with Gasteiger partial charge in [0.15, 0.2) is 0 Å². The Labute approximate surface area is 89.6 Å². The van der Waals surface area contributed by atoms with Crippen molar-refractivity contribution in [3.8, 4) is 0 Å². The Morgan fingerprint density at radius 3 is 2.46 bits per heavy atom. The summed E-state index contributed by atoms with van der Waals surface area (Å²) in [6, 6.07) is 0. The van der Waals surface area contributed by atoms with Gasteiger partial charge in [0.05, 0.1) is 0 Å². The predicted molar refractivity (Wildman–Crippen MR) is 60.0 cm³/mol. The van der Waals surface area contributed by atoms with Crippen LogP contribution in [0.5, 0.6) is 0 Å². The second kappa shape index (κ2) is 5.63. The molecule has 0 aromatic heterocycles. The molecule has 1 amide bonds. The Bertz CT molecular complexity index is 168. The van der Waals surface area contributed by atoms with Crippen LogP contribution in [-0.2, 0) is 4.79 Å². The zero-order chi connectivity index (χ0) is 10.5. The summed E-state index contributed by atoms with van der Waals surface area (Å²) in [7, 11) is 0. The Morgan fingerprint density at radius 2 is 2.08 bits per heavy atom. The number of amides is 1. The highest BCUT2D eigenvalue weighted by Gasteiger charge is 2.24. The maximum Gasteiger partial charge on any atom is 0.225 e. The molecule has 0 aliphatic carbocycles. The standard InChI is InChI=1S/C10H20BrNO/c1-5-10(3,4)9(13)12-7-8(2)6-11/h8H,5-7H2,1-4H3,(H,12,13). The van der Waals surface area contributed by atoms with Gasteiger partial charge in [-0.2, -0.15) is 0 Å². The van der Waals surface area contributed by atoms with Gasteiger partial charge in [-0.25, -0.2) is 0 Å². The molecule has 0 fully saturated rings. The average molecular weight is 250 g/mol. The maximum atomic E-state index is 11.6. The van der Waals surface area contributed by atoms with Crippen molar-refractivity contribution < 1.29 is 4.79 Å². The molecular weight excluding hydrogens is 230 g/mol. The topological polar surface area (TPSA) is 29.1 Å². The Morgan fingerprint density at radius 1 is 1.54 bits per heavy atom. The van der Waals surface area contributed by atoms with Crippen LogP contribution in [0.1, 0.15) is 34.1 Å². The number of alkyl halides is 1. The summed E-state index contributed by atoms with van der Waals surface area (Å²) in [6.07, 6.45) is 0.877. The lowest BCUT2D eigenvalue weighted by atomic mass is 9.89. The molecule has 1 N–H and O–H groups in total. The van der Waals surface area contributed by atoms with Crippen molar-refractivity contribution in [3.05, 3.63) is 0 Å². The highest BCUT2D eigenvalue weighted by atomic mass is 79.9. The number of rotatable bonds is 5. The third kappa shape index (κ3) is 4.65. The van der Waals surface area contributed by atoms with Crippen LogP contribution in [0, 0.1) is 11.3 Å². The third-order valence-electron chi connectivity index (χ3n) is 2.37. The average Bonchev–Trinajstić information content (AvgIpc) is 2.13. The number of carbonyl (C=O) groups excluding carboxylic acids is 1. The van der Waals surface area contributed by atoms with Crippen LogP contribution in [0.2, 0.25) is 0 Å². The second-order valence-corrected chi connectivity index (χ2v) is 4.85. The van der Waals surface area contributed by atoms with Gasteiger partial charge in [-0.1, -0.05) is 43.6 Å². The van der Waals surface area contributed by atoms with Gasteiger partial charge >= 0.3 is 0 Å². The summed E-state index contributed by atoms with van der Waals surface area (Å²) >= 11 is 3.38. The molecule has 0 heterocycles. The lowest BCUT2D eigenvalue weighted by molar-refractivity contribution is -0.129. The maximum absolute atomic E-state index is 11.6. The highest BCUT2D eigenvalue weighted by molar-refractivity contribution is 9.09. The minimum atomic E-state index is -0.230. The van der Waals surface area contributed by atoms with Crippen molar-refractivity contribution >= 4 is 21.8 Å². The first-order valence-corrected chi connectivity index (χ1v) is 5.90. The van der Waals surface area contributed by atoms with E-state index >= 15 is 0 Å². The summed E-state index contributed by atoms with van der Waals surface area (Å²) < 4.78 is 0. The fourth-order valence-corrected chi connectivity index (χ4v) is 0.950. The summed E-state index contributed by atoms with van der Waals surface area (Å²) in [6.45, 7) is 8.84. The molecule has 1 atom stereocenters. The van der Waals surface area contributed by atoms with Gasteiger partial charge in [0, 0.05) is 17.3 Å². The highest BCUT2D eigenvalue weighted by Crippen LogP contribution is 2.19. The fraction of sp³-hybridized carbons (Fsp3) is 0.900. The van der Waals surface area contributed by atoms with E-state index in [9.17, 15) is 4.79 Å². The Balaban J connectivity index is 3.88. The van der Waals surface area contributed by atoms with Crippen molar-refractivity contribution in [2.45, 2.75) is 34.1 Å². The predicted octanol–water partition coefficient (Wildman–Crippen LogP) is 2.57. The van der Waals surface area contributed by atoms with Crippen molar-refractivity contribution in [1.29, 1.82) is 0 Å². The van der Waals surface area contributed by atoms with Crippen LogP contribution in [0.25, 0.3) is 0 Å². The molecule has 1 unspecified atom stereocenters. The van der Waals surface area contributed by atoms with E-state index in [1.807, 2.05) is 20.8 Å². The molecule has 13 heavy (non-hydrogen) atoms. The zero-order valence-corrected chi connectivity index (χ0v) is 10.6. The second-order valence-electron chi connectivity index (χ2n) is 4.21. The largest absolute Gasteiger partial charge is 0.355 e. The van der Waals surface area contributed by atoms with Gasteiger partial charge in [-0.05, 0) is 12.3 Å². The lowest BCUT2D eigenvalue weighted by Crippen LogP contribution is -2.38. The van der Waals surface area contributed by atoms with Crippen molar-refractivity contribution in [1.82, 2.24) is 5.32 Å². The van der Waals surface area contributed by atoms with Crippen molar-refractivity contribution in [2.24, 2.45) is 11.3 Å². The normalized spacial score (nSPS) is 13.9. The van der Waals surface area contributed by atoms with E-state index in [2.05, 4.69) is 28.2 Å². The molecule has 0 aliphatic heterocycles. The first-order chi connectivity index (χ1) is 5.94. The van der Waals surface area contributed by atoms with Crippen LogP contribution in [0.3, 0.4) is 0 Å². The number of halogens is 1. The Kier molecular flexibility index (Phi) is 5.61. The van der Waals surface area contributed by atoms with Gasteiger partial charge in [-0.15, -0.1) is 0 Å². The summed E-state index contributed by atoms with van der Waals surface area (Å²) in [4.78, 5) is 11.6. The number of carbonyl (C=O) groups is 1. The first kappa shape index (κ1) is 12.9. The summed E-state index contributed by atoms with van der Waals surface area (Å²) in [5, 5.41) is 3.89. The van der Waals surface area contributed by atoms with Crippen LogP contribution in [0.4, 0.5) is 0 Å². The van der Waals surface area contributed by atoms with Crippen molar-refractivity contribution in [3.63, 3.8) is 0 Å². The molecule has 3 heteroatoms. The number of nitrogens with one attached hydrogen (secondary N) is 1. The van der Waals surface area contributed by atoms with Crippen LogP contribution in [0.15, 0.2) is 0 Å². The first-order valence-electron chi connectivity index (χ1n) is 4.78. The molecule has 2 nitrogen and oxygen atoms in total. The SMILES string of the molecule is CCC(C)(C)C(=O)NCC(C)CBr. The molecule has 0 rings (SSSR count). The van der Waals surface area contributed by atoms with Gasteiger partial charge in [0.1, 0.15) is 0 Å². The smallest absolute Gasteiger partial charge is 0.225 e. The van der Waals surface area contributed by atoms with E-state index in [1.165, 1.54) is 0 Å². The van der Waals surface area contributed by atoms with E-state index in [4.69, 9.17) is 0 Å². The number of hydrogen-bond acceptors (Lipinski definition) is 1. The van der Waals surface area contributed by atoms with E-state index in [0.29, 0.717) is 5.92 Å². The molecule has 0 spiro atoms. The van der Waals surface area contributed by atoms with E-state index in [-0.39, 0.29) is 11.3 Å². The quantitative estimate of drug-likeness (QED) is 0.746. The molecule has 78 valence electrons. The lowest BCUT2D eigenvalue weighted by Gasteiger charge is -2.22. The minimum Gasteiger partial charge on any atom is -0.355 e. The fourth-order valence-electron chi connectivity index (χ4n) is 0.721. The summed E-state index contributed by atoms with van der Waals surface area (Å²) in [5.74, 6) is 0.652. The van der Waals surface area contributed by atoms with Gasteiger partial charge in [-0.3, -0.25) is 4.79 Å². The van der Waals surface area contributed by atoms with Crippen molar-refractivity contribution in [2.75, 3.05) is 11.9 Å². The monoisotopic (exact) mass is 249 g/mol. The Hall–Kier alpha value is -0.0500. The van der Waals surface area contributed by atoms with Crippen LogP contribution < -0.4 is 5.32 Å². The summed E-state index contributed by atoms with van der Waals surface area (Å²) in [5.41, 5.74) is -0.230. The molecule has 0 aliphatic rings. The molecular formula is C10H20BrNO. The number of hydrogen-bond donors (Lipinski definition) is 1.